The van der Waals surface area contributed by atoms with Crippen LogP contribution in [0.2, 0.25) is 0 Å². The van der Waals surface area contributed by atoms with Gasteiger partial charge in [0, 0.05) is 6.07 Å². The number of hydrogen-bond donors (Lipinski definition) is 0. The maximum Gasteiger partial charge on any atom is 0.189 e. The van der Waals surface area contributed by atoms with Crippen LogP contribution in [0.5, 0.6) is 23.0 Å². The molecular formula is C19H17FO5. The third kappa shape index (κ3) is 3.57. The Balaban J connectivity index is 1.86. The number of carbonyl (C=O) groups is 1. The Bertz CT molecular complexity index is 829. The van der Waals surface area contributed by atoms with Gasteiger partial charge in [-0.25, -0.2) is 4.39 Å². The Kier molecular flexibility index (Phi) is 4.88. The molecule has 1 heterocycles. The van der Waals surface area contributed by atoms with Gasteiger partial charge in [-0.15, -0.1) is 0 Å². The van der Waals surface area contributed by atoms with Crippen LogP contribution in [-0.4, -0.2) is 33.2 Å². The molecule has 0 N–H and O–H groups in total. The first-order valence-electron chi connectivity index (χ1n) is 7.66. The smallest absolute Gasteiger partial charge is 0.189 e. The zero-order chi connectivity index (χ0) is 17.8. The van der Waals surface area contributed by atoms with Gasteiger partial charge in [0.15, 0.2) is 28.8 Å². The molecule has 0 saturated carbocycles. The van der Waals surface area contributed by atoms with Gasteiger partial charge in [0.1, 0.15) is 19.0 Å². The zero-order valence-corrected chi connectivity index (χ0v) is 13.9. The van der Waals surface area contributed by atoms with E-state index < -0.39 is 5.82 Å². The highest BCUT2D eigenvalue weighted by atomic mass is 19.1. The van der Waals surface area contributed by atoms with E-state index in [4.69, 9.17) is 18.9 Å². The molecule has 0 aromatic heterocycles. The average Bonchev–Trinajstić information content (AvgIpc) is 2.65. The minimum Gasteiger partial charge on any atom is -0.496 e. The van der Waals surface area contributed by atoms with Gasteiger partial charge in [-0.05, 0) is 29.8 Å². The molecular weight excluding hydrogens is 327 g/mol. The summed E-state index contributed by atoms with van der Waals surface area (Å²) < 4.78 is 34.8. The molecule has 0 atom stereocenters. The first-order valence-corrected chi connectivity index (χ1v) is 7.66. The highest BCUT2D eigenvalue weighted by Crippen LogP contribution is 2.37. The molecule has 3 rings (SSSR count). The lowest BCUT2D eigenvalue weighted by Gasteiger charge is -2.20. The predicted molar refractivity (Wildman–Crippen MR) is 90.3 cm³/mol. The second-order valence-electron chi connectivity index (χ2n) is 5.29. The van der Waals surface area contributed by atoms with Crippen molar-refractivity contribution in [3.63, 3.8) is 0 Å². The molecule has 2 aromatic rings. The van der Waals surface area contributed by atoms with E-state index in [0.29, 0.717) is 41.6 Å². The van der Waals surface area contributed by atoms with E-state index in [1.54, 1.807) is 18.2 Å². The van der Waals surface area contributed by atoms with E-state index in [9.17, 15) is 9.18 Å². The number of halogens is 1. The quantitative estimate of drug-likeness (QED) is 0.614. The van der Waals surface area contributed by atoms with Crippen molar-refractivity contribution in [1.29, 1.82) is 0 Å². The van der Waals surface area contributed by atoms with E-state index in [1.807, 2.05) is 0 Å². The molecule has 0 fully saturated rings. The lowest BCUT2D eigenvalue weighted by molar-refractivity contribution is 0.104. The van der Waals surface area contributed by atoms with Gasteiger partial charge in [-0.3, -0.25) is 4.79 Å². The summed E-state index contributed by atoms with van der Waals surface area (Å²) in [6, 6.07) is 7.68. The maximum absolute atomic E-state index is 13.7. The van der Waals surface area contributed by atoms with Crippen LogP contribution < -0.4 is 18.9 Å². The summed E-state index contributed by atoms with van der Waals surface area (Å²) in [5, 5.41) is 0. The van der Waals surface area contributed by atoms with Crippen LogP contribution in [0.1, 0.15) is 15.9 Å². The fraction of sp³-hybridized carbons (Fsp3) is 0.211. The summed E-state index contributed by atoms with van der Waals surface area (Å²) in [4.78, 5) is 12.5. The molecule has 0 amide bonds. The van der Waals surface area contributed by atoms with Crippen molar-refractivity contribution in [2.75, 3.05) is 27.4 Å². The standard InChI is InChI=1S/C19H17FO5/c1-22-16-6-4-12(9-14(16)20)3-5-15(21)13-10-18-19(11-17(13)23-2)25-8-7-24-18/h3-6,9-11H,7-8H2,1-2H3/b5-3+. The van der Waals surface area contributed by atoms with Crippen molar-refractivity contribution in [2.24, 2.45) is 0 Å². The number of carbonyl (C=O) groups excluding carboxylic acids is 1. The largest absolute Gasteiger partial charge is 0.496 e. The van der Waals surface area contributed by atoms with E-state index in [0.717, 1.165) is 0 Å². The molecule has 5 nitrogen and oxygen atoms in total. The minimum absolute atomic E-state index is 0.150. The molecule has 6 heteroatoms. The molecule has 0 radical (unpaired) electrons. The molecule has 1 aliphatic heterocycles. The molecule has 0 unspecified atom stereocenters. The number of rotatable bonds is 5. The third-order valence-corrected chi connectivity index (χ3v) is 3.73. The minimum atomic E-state index is -0.492. The summed E-state index contributed by atoms with van der Waals surface area (Å²) in [7, 11) is 2.87. The Morgan fingerprint density at radius 3 is 2.36 bits per heavy atom. The van der Waals surface area contributed by atoms with Gasteiger partial charge < -0.3 is 18.9 Å². The molecule has 0 spiro atoms. The summed E-state index contributed by atoms with van der Waals surface area (Å²) in [5.74, 6) is 0.802. The third-order valence-electron chi connectivity index (χ3n) is 3.73. The monoisotopic (exact) mass is 344 g/mol. The van der Waals surface area contributed by atoms with Gasteiger partial charge in [0.2, 0.25) is 0 Å². The van der Waals surface area contributed by atoms with Crippen LogP contribution in [0.15, 0.2) is 36.4 Å². The van der Waals surface area contributed by atoms with Gasteiger partial charge >= 0.3 is 0 Å². The molecule has 2 aromatic carbocycles. The van der Waals surface area contributed by atoms with Crippen molar-refractivity contribution in [2.45, 2.75) is 0 Å². The van der Waals surface area contributed by atoms with Crippen molar-refractivity contribution in [3.8, 4) is 23.0 Å². The highest BCUT2D eigenvalue weighted by molar-refractivity contribution is 6.09. The number of ether oxygens (including phenoxy) is 4. The normalized spacial score (nSPS) is 12.9. The number of fused-ring (bicyclic) bond motifs is 1. The number of methoxy groups -OCH3 is 2. The number of hydrogen-bond acceptors (Lipinski definition) is 5. The SMILES string of the molecule is COc1ccc(/C=C/C(=O)c2cc3c(cc2OC)OCCO3)cc1F. The molecule has 0 saturated heterocycles. The van der Waals surface area contributed by atoms with Gasteiger partial charge in [0.05, 0.1) is 19.8 Å². The van der Waals surface area contributed by atoms with Crippen LogP contribution in [0.4, 0.5) is 4.39 Å². The molecule has 1 aliphatic rings. The lowest BCUT2D eigenvalue weighted by Crippen LogP contribution is -2.16. The highest BCUT2D eigenvalue weighted by Gasteiger charge is 2.19. The first-order chi connectivity index (χ1) is 12.1. The Morgan fingerprint density at radius 1 is 1.04 bits per heavy atom. The van der Waals surface area contributed by atoms with E-state index in [2.05, 4.69) is 0 Å². The van der Waals surface area contributed by atoms with Crippen molar-refractivity contribution in [3.05, 3.63) is 53.4 Å². The summed E-state index contributed by atoms with van der Waals surface area (Å²) in [5.41, 5.74) is 0.889. The van der Waals surface area contributed by atoms with Crippen molar-refractivity contribution >= 4 is 11.9 Å². The van der Waals surface area contributed by atoms with Gasteiger partial charge in [0.25, 0.3) is 0 Å². The van der Waals surface area contributed by atoms with Gasteiger partial charge in [-0.2, -0.15) is 0 Å². The fourth-order valence-corrected chi connectivity index (χ4v) is 2.48. The van der Waals surface area contributed by atoms with E-state index >= 15 is 0 Å². The predicted octanol–water partition coefficient (Wildman–Crippen LogP) is 3.51. The summed E-state index contributed by atoms with van der Waals surface area (Å²) in [6.07, 6.45) is 2.89. The molecule has 130 valence electrons. The van der Waals surface area contributed by atoms with Crippen LogP contribution in [0.25, 0.3) is 6.08 Å². The second-order valence-corrected chi connectivity index (χ2v) is 5.29. The number of ketones is 1. The zero-order valence-electron chi connectivity index (χ0n) is 13.9. The number of benzene rings is 2. The molecule has 0 aliphatic carbocycles. The Hall–Kier alpha value is -3.02. The van der Waals surface area contributed by atoms with Gasteiger partial charge in [-0.1, -0.05) is 12.1 Å². The van der Waals surface area contributed by atoms with Crippen LogP contribution in [0.3, 0.4) is 0 Å². The topological polar surface area (TPSA) is 54.0 Å². The fourth-order valence-electron chi connectivity index (χ4n) is 2.48. The van der Waals surface area contributed by atoms with E-state index in [1.165, 1.54) is 38.5 Å². The first kappa shape index (κ1) is 16.8. The number of allylic oxidation sites excluding steroid dienone is 1. The van der Waals surface area contributed by atoms with Crippen LogP contribution in [0, 0.1) is 5.82 Å². The molecule has 25 heavy (non-hydrogen) atoms. The summed E-state index contributed by atoms with van der Waals surface area (Å²) >= 11 is 0. The van der Waals surface area contributed by atoms with Crippen LogP contribution in [-0.2, 0) is 0 Å². The summed E-state index contributed by atoms with van der Waals surface area (Å²) in [6.45, 7) is 0.875. The maximum atomic E-state index is 13.7. The lowest BCUT2D eigenvalue weighted by atomic mass is 10.1. The Morgan fingerprint density at radius 2 is 1.72 bits per heavy atom. The molecule has 0 bridgehead atoms. The Labute approximate surface area is 144 Å². The van der Waals surface area contributed by atoms with Crippen LogP contribution >= 0.6 is 0 Å². The van der Waals surface area contributed by atoms with Crippen molar-refractivity contribution < 1.29 is 28.1 Å². The van der Waals surface area contributed by atoms with Crippen molar-refractivity contribution in [1.82, 2.24) is 0 Å². The average molecular weight is 344 g/mol. The van der Waals surface area contributed by atoms with E-state index in [-0.39, 0.29) is 11.5 Å². The second kappa shape index (κ2) is 7.25.